The van der Waals surface area contributed by atoms with Crippen molar-refractivity contribution >= 4 is 0 Å². The van der Waals surface area contributed by atoms with Crippen LogP contribution in [0.2, 0.25) is 0 Å². The minimum Gasteiger partial charge on any atom is -0.286 e. The first-order valence-electron chi connectivity index (χ1n) is 9.53. The van der Waals surface area contributed by atoms with E-state index in [0.717, 1.165) is 37.3 Å². The molecule has 2 heterocycles. The van der Waals surface area contributed by atoms with Crippen LogP contribution in [-0.2, 0) is 24.9 Å². The molecule has 0 radical (unpaired) electrons. The number of nitrogens with zero attached hydrogens (tertiary/aromatic N) is 2. The standard InChI is InChI=1S/C19H28N2O/c1-2-20-18(22)17(16-5-3-4-6-21(16)20)19-10-13-7-14(11-19)9-15(8-13)12-19/h13-15H,2-12H2,1H3. The predicted octanol–water partition coefficient (Wildman–Crippen LogP) is 3.47. The van der Waals surface area contributed by atoms with Crippen molar-refractivity contribution in [1.29, 1.82) is 0 Å². The first kappa shape index (κ1) is 13.4. The third-order valence-corrected chi connectivity index (χ3v) is 7.24. The van der Waals surface area contributed by atoms with E-state index < -0.39 is 0 Å². The van der Waals surface area contributed by atoms with Crippen LogP contribution in [0.4, 0.5) is 0 Å². The van der Waals surface area contributed by atoms with Crippen LogP contribution in [0.5, 0.6) is 0 Å². The van der Waals surface area contributed by atoms with Gasteiger partial charge in [0.05, 0.1) is 0 Å². The molecule has 4 aliphatic carbocycles. The Kier molecular flexibility index (Phi) is 2.76. The molecule has 1 aromatic rings. The Morgan fingerprint density at radius 1 is 1.05 bits per heavy atom. The SMILES string of the molecule is CCn1c(=O)c(C23CC4CC(CC(C4)C2)C3)c2n1CCCC2. The third-order valence-electron chi connectivity index (χ3n) is 7.24. The Balaban J connectivity index is 1.69. The molecule has 3 heteroatoms. The van der Waals surface area contributed by atoms with Gasteiger partial charge in [-0.25, -0.2) is 0 Å². The topological polar surface area (TPSA) is 26.9 Å². The zero-order valence-electron chi connectivity index (χ0n) is 13.8. The van der Waals surface area contributed by atoms with Crippen LogP contribution in [0.1, 0.15) is 69.5 Å². The molecule has 4 fully saturated rings. The lowest BCUT2D eigenvalue weighted by Crippen LogP contribution is -2.50. The van der Waals surface area contributed by atoms with E-state index in [2.05, 4.69) is 16.3 Å². The highest BCUT2D eigenvalue weighted by molar-refractivity contribution is 5.33. The number of rotatable bonds is 2. The average Bonchev–Trinajstić information content (AvgIpc) is 2.77. The lowest BCUT2D eigenvalue weighted by atomic mass is 9.48. The molecule has 4 saturated carbocycles. The van der Waals surface area contributed by atoms with Crippen molar-refractivity contribution < 1.29 is 0 Å². The molecular weight excluding hydrogens is 272 g/mol. The van der Waals surface area contributed by atoms with Crippen molar-refractivity contribution in [3.8, 4) is 0 Å². The van der Waals surface area contributed by atoms with E-state index in [1.807, 2.05) is 0 Å². The van der Waals surface area contributed by atoms with Crippen LogP contribution in [-0.4, -0.2) is 9.36 Å². The predicted molar refractivity (Wildman–Crippen MR) is 87.2 cm³/mol. The van der Waals surface area contributed by atoms with Crippen LogP contribution < -0.4 is 5.56 Å². The van der Waals surface area contributed by atoms with E-state index in [0.29, 0.717) is 5.56 Å². The molecule has 22 heavy (non-hydrogen) atoms. The molecule has 4 bridgehead atoms. The van der Waals surface area contributed by atoms with Crippen molar-refractivity contribution in [2.75, 3.05) is 0 Å². The van der Waals surface area contributed by atoms with Crippen LogP contribution in [0.3, 0.4) is 0 Å². The summed E-state index contributed by atoms with van der Waals surface area (Å²) in [6, 6.07) is 0. The van der Waals surface area contributed by atoms with Gasteiger partial charge < -0.3 is 0 Å². The number of hydrogen-bond acceptors (Lipinski definition) is 1. The fraction of sp³-hybridized carbons (Fsp3) is 0.842. The molecule has 0 aromatic carbocycles. The average molecular weight is 300 g/mol. The zero-order chi connectivity index (χ0) is 14.9. The highest BCUT2D eigenvalue weighted by Gasteiger charge is 2.54. The summed E-state index contributed by atoms with van der Waals surface area (Å²) in [6.07, 6.45) is 12.0. The van der Waals surface area contributed by atoms with E-state index >= 15 is 0 Å². The van der Waals surface area contributed by atoms with Crippen molar-refractivity contribution in [3.05, 3.63) is 21.6 Å². The van der Waals surface area contributed by atoms with Crippen molar-refractivity contribution in [1.82, 2.24) is 9.36 Å². The lowest BCUT2D eigenvalue weighted by molar-refractivity contribution is -0.00619. The Labute approximate surface area is 132 Å². The van der Waals surface area contributed by atoms with E-state index in [1.54, 1.807) is 0 Å². The molecule has 1 aliphatic heterocycles. The first-order valence-corrected chi connectivity index (χ1v) is 9.53. The molecular formula is C19H28N2O. The largest absolute Gasteiger partial charge is 0.286 e. The van der Waals surface area contributed by atoms with E-state index in [-0.39, 0.29) is 5.41 Å². The first-order chi connectivity index (χ1) is 10.7. The molecule has 3 nitrogen and oxygen atoms in total. The second kappa shape index (κ2) is 4.52. The molecule has 0 spiro atoms. The maximum atomic E-state index is 13.2. The molecule has 0 unspecified atom stereocenters. The molecule has 1 aromatic heterocycles. The van der Waals surface area contributed by atoms with Gasteiger partial charge in [0.15, 0.2) is 0 Å². The summed E-state index contributed by atoms with van der Waals surface area (Å²) in [5.41, 5.74) is 3.36. The van der Waals surface area contributed by atoms with Gasteiger partial charge in [-0.1, -0.05) is 0 Å². The zero-order valence-corrected chi connectivity index (χ0v) is 13.8. The van der Waals surface area contributed by atoms with E-state index in [4.69, 9.17) is 0 Å². The third kappa shape index (κ3) is 1.66. The van der Waals surface area contributed by atoms with E-state index in [9.17, 15) is 4.79 Å². The molecule has 6 rings (SSSR count). The maximum Gasteiger partial charge on any atom is 0.270 e. The van der Waals surface area contributed by atoms with Gasteiger partial charge in [0.25, 0.3) is 5.56 Å². The van der Waals surface area contributed by atoms with Gasteiger partial charge in [0.1, 0.15) is 0 Å². The molecule has 5 aliphatic rings. The normalized spacial score (nSPS) is 39.2. The molecule has 0 atom stereocenters. The van der Waals surface area contributed by atoms with Gasteiger partial charge in [0.2, 0.25) is 0 Å². The minimum absolute atomic E-state index is 0.265. The van der Waals surface area contributed by atoms with E-state index in [1.165, 1.54) is 62.6 Å². The minimum atomic E-state index is 0.265. The van der Waals surface area contributed by atoms with Gasteiger partial charge in [0, 0.05) is 29.8 Å². The summed E-state index contributed by atoms with van der Waals surface area (Å²) in [7, 11) is 0. The van der Waals surface area contributed by atoms with Crippen LogP contribution in [0.25, 0.3) is 0 Å². The van der Waals surface area contributed by atoms with Gasteiger partial charge >= 0.3 is 0 Å². The Morgan fingerprint density at radius 2 is 1.68 bits per heavy atom. The fourth-order valence-electron chi connectivity index (χ4n) is 6.96. The van der Waals surface area contributed by atoms with Crippen molar-refractivity contribution in [3.63, 3.8) is 0 Å². The quantitative estimate of drug-likeness (QED) is 0.821. The summed E-state index contributed by atoms with van der Waals surface area (Å²) >= 11 is 0. The second-order valence-corrected chi connectivity index (χ2v) is 8.62. The van der Waals surface area contributed by atoms with Crippen LogP contribution in [0, 0.1) is 17.8 Å². The Bertz CT molecular complexity index is 630. The lowest BCUT2D eigenvalue weighted by Gasteiger charge is -2.56. The summed E-state index contributed by atoms with van der Waals surface area (Å²) in [4.78, 5) is 13.2. The summed E-state index contributed by atoms with van der Waals surface area (Å²) in [5, 5.41) is 0. The molecule has 0 saturated heterocycles. The van der Waals surface area contributed by atoms with Crippen LogP contribution >= 0.6 is 0 Å². The molecule has 0 amide bonds. The van der Waals surface area contributed by atoms with Crippen molar-refractivity contribution in [2.45, 2.75) is 83.2 Å². The van der Waals surface area contributed by atoms with Gasteiger partial charge in [-0.15, -0.1) is 0 Å². The van der Waals surface area contributed by atoms with Gasteiger partial charge in [-0.2, -0.15) is 0 Å². The summed E-state index contributed by atoms with van der Waals surface area (Å²) in [6.45, 7) is 4.02. The number of fused-ring (bicyclic) bond motifs is 1. The number of hydrogen-bond donors (Lipinski definition) is 0. The second-order valence-electron chi connectivity index (χ2n) is 8.62. The van der Waals surface area contributed by atoms with Gasteiger partial charge in [-0.05, 0) is 82.5 Å². The smallest absolute Gasteiger partial charge is 0.270 e. The monoisotopic (exact) mass is 300 g/mol. The Morgan fingerprint density at radius 3 is 2.27 bits per heavy atom. The van der Waals surface area contributed by atoms with Crippen LogP contribution in [0.15, 0.2) is 4.79 Å². The summed E-state index contributed by atoms with van der Waals surface area (Å²) < 4.78 is 4.42. The molecule has 0 N–H and O–H groups in total. The fourth-order valence-corrected chi connectivity index (χ4v) is 6.96. The number of aromatic nitrogens is 2. The van der Waals surface area contributed by atoms with Gasteiger partial charge in [-0.3, -0.25) is 14.2 Å². The van der Waals surface area contributed by atoms with Crippen molar-refractivity contribution in [2.24, 2.45) is 17.8 Å². The highest BCUT2D eigenvalue weighted by atomic mass is 16.1. The maximum absolute atomic E-state index is 13.2. The Hall–Kier alpha value is -0.990. The molecule has 120 valence electrons. The highest BCUT2D eigenvalue weighted by Crippen LogP contribution is 2.60. The summed E-state index contributed by atoms with van der Waals surface area (Å²) in [5.74, 6) is 2.75.